The number of aromatic nitrogens is 1. The summed E-state index contributed by atoms with van der Waals surface area (Å²) >= 11 is 0. The van der Waals surface area contributed by atoms with Crippen molar-refractivity contribution < 1.29 is 19.1 Å². The van der Waals surface area contributed by atoms with Gasteiger partial charge in [0.1, 0.15) is 11.4 Å². The van der Waals surface area contributed by atoms with E-state index in [2.05, 4.69) is 15.0 Å². The third kappa shape index (κ3) is 4.04. The van der Waals surface area contributed by atoms with Crippen LogP contribution in [0.25, 0.3) is 0 Å². The summed E-state index contributed by atoms with van der Waals surface area (Å²) in [5, 5.41) is 2.41. The number of methoxy groups -OCH3 is 1. The van der Waals surface area contributed by atoms with Crippen LogP contribution in [0.3, 0.4) is 0 Å². The zero-order chi connectivity index (χ0) is 13.4. The van der Waals surface area contributed by atoms with Gasteiger partial charge in [0.05, 0.1) is 13.7 Å². The number of nitrogens with zero attached hydrogens (tertiary/aromatic N) is 1. The molecule has 0 aliphatic carbocycles. The molecule has 0 saturated heterocycles. The first-order valence-electron chi connectivity index (χ1n) is 5.66. The second-order valence-electron chi connectivity index (χ2n) is 3.51. The highest BCUT2D eigenvalue weighted by atomic mass is 16.5. The van der Waals surface area contributed by atoms with Crippen LogP contribution in [-0.4, -0.2) is 30.8 Å². The van der Waals surface area contributed by atoms with Gasteiger partial charge in [0.2, 0.25) is 0 Å². The lowest BCUT2D eigenvalue weighted by Crippen LogP contribution is -2.18. The molecule has 0 unspecified atom stereocenters. The number of pyridine rings is 1. The predicted octanol–water partition coefficient (Wildman–Crippen LogP) is 2.22. The second kappa shape index (κ2) is 7.26. The summed E-state index contributed by atoms with van der Waals surface area (Å²) in [7, 11) is 1.26. The van der Waals surface area contributed by atoms with Gasteiger partial charge in [-0.3, -0.25) is 5.32 Å². The summed E-state index contributed by atoms with van der Waals surface area (Å²) in [6.45, 7) is 2.33. The topological polar surface area (TPSA) is 77.5 Å². The van der Waals surface area contributed by atoms with Crippen molar-refractivity contribution >= 4 is 17.9 Å². The summed E-state index contributed by atoms with van der Waals surface area (Å²) < 4.78 is 9.50. The van der Waals surface area contributed by atoms with Gasteiger partial charge in [-0.25, -0.2) is 14.6 Å². The highest BCUT2D eigenvalue weighted by Gasteiger charge is 2.14. The van der Waals surface area contributed by atoms with E-state index in [-0.39, 0.29) is 11.4 Å². The lowest BCUT2D eigenvalue weighted by Gasteiger charge is -2.08. The molecule has 0 aromatic carbocycles. The minimum atomic E-state index is -0.632. The van der Waals surface area contributed by atoms with E-state index >= 15 is 0 Å². The maximum Gasteiger partial charge on any atom is 0.412 e. The van der Waals surface area contributed by atoms with Gasteiger partial charge in [0.25, 0.3) is 0 Å². The van der Waals surface area contributed by atoms with E-state index < -0.39 is 12.1 Å². The number of unbranched alkanes of at least 4 members (excludes halogenated alkanes) is 1. The first kappa shape index (κ1) is 14.0. The molecule has 1 rings (SSSR count). The molecule has 0 aliphatic heterocycles. The first-order chi connectivity index (χ1) is 8.69. The van der Waals surface area contributed by atoms with Gasteiger partial charge in [-0.2, -0.15) is 0 Å². The monoisotopic (exact) mass is 252 g/mol. The highest BCUT2D eigenvalue weighted by Crippen LogP contribution is 2.12. The van der Waals surface area contributed by atoms with Crippen LogP contribution in [0.4, 0.5) is 10.6 Å². The van der Waals surface area contributed by atoms with Gasteiger partial charge < -0.3 is 9.47 Å². The number of nitrogens with one attached hydrogen (secondary N) is 1. The van der Waals surface area contributed by atoms with Crippen molar-refractivity contribution in [3.63, 3.8) is 0 Å². The van der Waals surface area contributed by atoms with Crippen molar-refractivity contribution in [2.45, 2.75) is 19.8 Å². The van der Waals surface area contributed by atoms with E-state index in [1.165, 1.54) is 19.4 Å². The van der Waals surface area contributed by atoms with Crippen LogP contribution in [0.2, 0.25) is 0 Å². The van der Waals surface area contributed by atoms with E-state index in [1.54, 1.807) is 6.07 Å². The zero-order valence-corrected chi connectivity index (χ0v) is 10.4. The Hall–Kier alpha value is -2.11. The molecule has 0 radical (unpaired) electrons. The largest absolute Gasteiger partial charge is 0.465 e. The molecule has 0 saturated carbocycles. The standard InChI is InChI=1S/C12H16N2O4/c1-3-4-8-18-12(16)14-10-9(11(15)17-2)6-5-7-13-10/h5-7H,3-4,8H2,1-2H3,(H,13,14,16). The molecule has 1 aromatic rings. The predicted molar refractivity (Wildman–Crippen MR) is 65.5 cm³/mol. The minimum absolute atomic E-state index is 0.130. The number of carbonyl (C=O) groups is 2. The third-order valence-electron chi connectivity index (χ3n) is 2.16. The Labute approximate surface area is 105 Å². The molecule has 0 bridgehead atoms. The number of hydrogen-bond donors (Lipinski definition) is 1. The molecule has 0 fully saturated rings. The summed E-state index contributed by atoms with van der Waals surface area (Å²) in [6, 6.07) is 3.10. The Balaban J connectivity index is 2.66. The van der Waals surface area contributed by atoms with Crippen molar-refractivity contribution in [2.75, 3.05) is 19.0 Å². The van der Waals surface area contributed by atoms with Crippen LogP contribution < -0.4 is 5.32 Å². The van der Waals surface area contributed by atoms with Crippen LogP contribution in [0.15, 0.2) is 18.3 Å². The number of amides is 1. The van der Waals surface area contributed by atoms with Crippen molar-refractivity contribution in [2.24, 2.45) is 0 Å². The molecule has 18 heavy (non-hydrogen) atoms. The number of hydrogen-bond acceptors (Lipinski definition) is 5. The van der Waals surface area contributed by atoms with Crippen LogP contribution in [0.5, 0.6) is 0 Å². The molecule has 0 atom stereocenters. The minimum Gasteiger partial charge on any atom is -0.465 e. The molecule has 1 heterocycles. The number of esters is 1. The van der Waals surface area contributed by atoms with Gasteiger partial charge in [-0.05, 0) is 18.6 Å². The van der Waals surface area contributed by atoms with E-state index in [1.807, 2.05) is 6.92 Å². The van der Waals surface area contributed by atoms with Gasteiger partial charge in [0.15, 0.2) is 0 Å². The first-order valence-corrected chi connectivity index (χ1v) is 5.66. The Morgan fingerprint density at radius 3 is 2.89 bits per heavy atom. The van der Waals surface area contributed by atoms with Gasteiger partial charge in [-0.15, -0.1) is 0 Å². The molecule has 6 heteroatoms. The Morgan fingerprint density at radius 2 is 2.22 bits per heavy atom. The highest BCUT2D eigenvalue weighted by molar-refractivity contribution is 5.98. The maximum absolute atomic E-state index is 11.4. The molecule has 1 aromatic heterocycles. The average molecular weight is 252 g/mol. The summed E-state index contributed by atoms with van der Waals surface area (Å²) in [5.74, 6) is -0.433. The van der Waals surface area contributed by atoms with E-state index in [4.69, 9.17) is 4.74 Å². The van der Waals surface area contributed by atoms with Gasteiger partial charge in [-0.1, -0.05) is 13.3 Å². The number of rotatable bonds is 5. The molecule has 1 N–H and O–H groups in total. The van der Waals surface area contributed by atoms with Crippen LogP contribution >= 0.6 is 0 Å². The Kier molecular flexibility index (Phi) is 5.63. The number of carbonyl (C=O) groups excluding carboxylic acids is 2. The average Bonchev–Trinajstić information content (AvgIpc) is 2.39. The number of anilines is 1. The fraction of sp³-hybridized carbons (Fsp3) is 0.417. The van der Waals surface area contributed by atoms with Gasteiger partial charge in [0, 0.05) is 6.20 Å². The van der Waals surface area contributed by atoms with Gasteiger partial charge >= 0.3 is 12.1 Å². The molecule has 1 amide bonds. The molecule has 98 valence electrons. The Bertz CT molecular complexity index is 420. The molecule has 0 aliphatic rings. The SMILES string of the molecule is CCCCOC(=O)Nc1ncccc1C(=O)OC. The van der Waals surface area contributed by atoms with Crippen LogP contribution in [0.1, 0.15) is 30.1 Å². The molecular weight excluding hydrogens is 236 g/mol. The second-order valence-corrected chi connectivity index (χ2v) is 3.51. The molecule has 6 nitrogen and oxygen atoms in total. The fourth-order valence-corrected chi connectivity index (χ4v) is 1.22. The van der Waals surface area contributed by atoms with Crippen molar-refractivity contribution in [3.8, 4) is 0 Å². The zero-order valence-electron chi connectivity index (χ0n) is 10.4. The van der Waals surface area contributed by atoms with Crippen molar-refractivity contribution in [1.29, 1.82) is 0 Å². The maximum atomic E-state index is 11.4. The van der Waals surface area contributed by atoms with E-state index in [9.17, 15) is 9.59 Å². The van der Waals surface area contributed by atoms with Crippen LogP contribution in [0, 0.1) is 0 Å². The summed E-state index contributed by atoms with van der Waals surface area (Å²) in [6.07, 6.45) is 2.56. The van der Waals surface area contributed by atoms with Crippen LogP contribution in [-0.2, 0) is 9.47 Å². The molecular formula is C12H16N2O4. The quantitative estimate of drug-likeness (QED) is 0.642. The molecule has 0 spiro atoms. The van der Waals surface area contributed by atoms with Crippen molar-refractivity contribution in [3.05, 3.63) is 23.9 Å². The Morgan fingerprint density at radius 1 is 1.44 bits per heavy atom. The van der Waals surface area contributed by atoms with E-state index in [0.29, 0.717) is 6.61 Å². The number of ether oxygens (including phenoxy) is 2. The van der Waals surface area contributed by atoms with E-state index in [0.717, 1.165) is 12.8 Å². The lowest BCUT2D eigenvalue weighted by atomic mass is 10.2. The fourth-order valence-electron chi connectivity index (χ4n) is 1.22. The smallest absolute Gasteiger partial charge is 0.412 e. The summed E-state index contributed by atoms with van der Waals surface area (Å²) in [5.41, 5.74) is 0.187. The summed E-state index contributed by atoms with van der Waals surface area (Å²) in [4.78, 5) is 26.7. The normalized spacial score (nSPS) is 9.67. The van der Waals surface area contributed by atoms with Crippen molar-refractivity contribution in [1.82, 2.24) is 4.98 Å². The third-order valence-corrected chi connectivity index (χ3v) is 2.16. The lowest BCUT2D eigenvalue weighted by molar-refractivity contribution is 0.0601.